The predicted octanol–water partition coefficient (Wildman–Crippen LogP) is 8.38. The lowest BCUT2D eigenvalue weighted by Gasteiger charge is -1.94. The minimum atomic E-state index is 0.714. The van der Waals surface area contributed by atoms with Crippen LogP contribution in [0.1, 0.15) is 27.7 Å². The van der Waals surface area contributed by atoms with Gasteiger partial charge in [0.1, 0.15) is 6.29 Å². The van der Waals surface area contributed by atoms with Crippen molar-refractivity contribution < 1.29 is 4.79 Å². The molecule has 1 heterocycles. The van der Waals surface area contributed by atoms with Crippen LogP contribution in [0.25, 0.3) is 0 Å². The molecule has 0 fully saturated rings. The van der Waals surface area contributed by atoms with E-state index in [1.807, 2.05) is 60.8 Å². The van der Waals surface area contributed by atoms with Crippen LogP contribution >= 0.6 is 23.5 Å². The maximum Gasteiger partial charge on any atom is 0.145 e. The lowest BCUT2D eigenvalue weighted by Crippen LogP contribution is -1.73. The summed E-state index contributed by atoms with van der Waals surface area (Å²) in [5.41, 5.74) is 4.26. The van der Waals surface area contributed by atoms with Crippen molar-refractivity contribution in [1.29, 1.82) is 0 Å². The normalized spacial score (nSPS) is 16.2. The van der Waals surface area contributed by atoms with E-state index < -0.39 is 0 Å². The molecule has 3 heteroatoms. The molecule has 0 aliphatic carbocycles. The number of hydrogen-bond donors (Lipinski definition) is 0. The van der Waals surface area contributed by atoms with E-state index in [0.29, 0.717) is 5.57 Å². The van der Waals surface area contributed by atoms with Crippen LogP contribution in [-0.4, -0.2) is 6.29 Å². The highest BCUT2D eigenvalue weighted by Gasteiger charge is 2.15. The van der Waals surface area contributed by atoms with Gasteiger partial charge in [0.25, 0.3) is 0 Å². The van der Waals surface area contributed by atoms with Crippen molar-refractivity contribution in [2.75, 3.05) is 0 Å². The number of thioether (sulfide) groups is 2. The zero-order chi connectivity index (χ0) is 21.8. The average Bonchev–Trinajstić information content (AvgIpc) is 3.13. The molecule has 1 aliphatic rings. The van der Waals surface area contributed by atoms with E-state index in [2.05, 4.69) is 68.5 Å². The Morgan fingerprint density at radius 3 is 1.63 bits per heavy atom. The molecule has 0 spiro atoms. The largest absolute Gasteiger partial charge is 0.298 e. The fourth-order valence-electron chi connectivity index (χ4n) is 2.42. The van der Waals surface area contributed by atoms with E-state index in [-0.39, 0.29) is 0 Å². The molecule has 1 aliphatic heterocycles. The van der Waals surface area contributed by atoms with Gasteiger partial charge < -0.3 is 0 Å². The summed E-state index contributed by atoms with van der Waals surface area (Å²) in [7, 11) is 0. The Hall–Kier alpha value is -2.49. The molecular formula is C27H28OS2. The maximum absolute atomic E-state index is 10.5. The molecule has 0 aromatic heterocycles. The number of benzene rings is 1. The van der Waals surface area contributed by atoms with E-state index in [0.717, 1.165) is 11.9 Å². The Bertz CT molecular complexity index is 968. The molecule has 0 unspecified atom stereocenters. The van der Waals surface area contributed by atoms with Crippen LogP contribution in [0.5, 0.6) is 0 Å². The van der Waals surface area contributed by atoms with E-state index >= 15 is 0 Å². The Balaban J connectivity index is 1.86. The molecular weight excluding hydrogens is 404 g/mol. The van der Waals surface area contributed by atoms with Gasteiger partial charge >= 0.3 is 0 Å². The van der Waals surface area contributed by atoms with Crippen molar-refractivity contribution in [2.24, 2.45) is 0 Å². The summed E-state index contributed by atoms with van der Waals surface area (Å²) in [6.07, 6.45) is 23.3. The number of aldehydes is 1. The van der Waals surface area contributed by atoms with Crippen LogP contribution in [0.15, 0.2) is 127 Å². The summed E-state index contributed by atoms with van der Waals surface area (Å²) < 4.78 is 1.32. The van der Waals surface area contributed by atoms with Gasteiger partial charge in [0, 0.05) is 9.79 Å². The Kier molecular flexibility index (Phi) is 10.3. The Morgan fingerprint density at radius 2 is 1.13 bits per heavy atom. The van der Waals surface area contributed by atoms with Gasteiger partial charge in [-0.25, -0.2) is 0 Å². The zero-order valence-electron chi connectivity index (χ0n) is 18.0. The first-order chi connectivity index (χ1) is 14.5. The number of fused-ring (bicyclic) bond motifs is 1. The average molecular weight is 433 g/mol. The van der Waals surface area contributed by atoms with Crippen LogP contribution in [0.4, 0.5) is 0 Å². The minimum absolute atomic E-state index is 0.714. The Morgan fingerprint density at radius 1 is 0.667 bits per heavy atom. The van der Waals surface area contributed by atoms with Crippen LogP contribution in [0.3, 0.4) is 0 Å². The van der Waals surface area contributed by atoms with Gasteiger partial charge in [-0.15, -0.1) is 0 Å². The van der Waals surface area contributed by atoms with Gasteiger partial charge in [0.05, 0.1) is 4.24 Å². The number of allylic oxidation sites excluding steroid dienone is 15. The Labute approximate surface area is 189 Å². The summed E-state index contributed by atoms with van der Waals surface area (Å²) in [6, 6.07) is 8.53. The highest BCUT2D eigenvalue weighted by molar-refractivity contribution is 8.24. The summed E-state index contributed by atoms with van der Waals surface area (Å²) in [5.74, 6) is 0. The SMILES string of the molecule is C\C(C=O)=C/C=C/C(C)=C/C=C/C=C(C)/C=C/C=C(\C)C=C1Sc2ccccc2S1. The van der Waals surface area contributed by atoms with Crippen LogP contribution in [0.2, 0.25) is 0 Å². The third kappa shape index (κ3) is 8.89. The van der Waals surface area contributed by atoms with Crippen molar-refractivity contribution in [3.63, 3.8) is 0 Å². The van der Waals surface area contributed by atoms with Crippen molar-refractivity contribution in [2.45, 2.75) is 37.5 Å². The summed E-state index contributed by atoms with van der Waals surface area (Å²) in [5, 5.41) is 0. The van der Waals surface area contributed by atoms with Crippen molar-refractivity contribution >= 4 is 29.8 Å². The number of hydrogen-bond acceptors (Lipinski definition) is 3. The van der Waals surface area contributed by atoms with Crippen LogP contribution in [-0.2, 0) is 4.79 Å². The molecule has 0 saturated heterocycles. The van der Waals surface area contributed by atoms with Gasteiger partial charge in [0.2, 0.25) is 0 Å². The zero-order valence-corrected chi connectivity index (χ0v) is 19.6. The van der Waals surface area contributed by atoms with Crippen molar-refractivity contribution in [1.82, 2.24) is 0 Å². The number of carbonyl (C=O) groups excluding carboxylic acids is 1. The maximum atomic E-state index is 10.5. The lowest BCUT2D eigenvalue weighted by molar-refractivity contribution is -0.104. The second-order valence-corrected chi connectivity index (χ2v) is 9.40. The molecule has 1 aromatic carbocycles. The van der Waals surface area contributed by atoms with Crippen LogP contribution < -0.4 is 0 Å². The first kappa shape index (κ1) is 23.8. The molecule has 1 nitrogen and oxygen atoms in total. The van der Waals surface area contributed by atoms with E-state index in [1.54, 1.807) is 13.0 Å². The van der Waals surface area contributed by atoms with E-state index in [1.165, 1.54) is 25.2 Å². The topological polar surface area (TPSA) is 17.1 Å². The van der Waals surface area contributed by atoms with E-state index in [9.17, 15) is 4.79 Å². The number of rotatable bonds is 8. The fourth-order valence-corrected chi connectivity index (χ4v) is 4.93. The van der Waals surface area contributed by atoms with Crippen molar-refractivity contribution in [3.05, 3.63) is 118 Å². The van der Waals surface area contributed by atoms with Gasteiger partial charge in [0.15, 0.2) is 0 Å². The number of carbonyl (C=O) groups is 1. The van der Waals surface area contributed by atoms with Gasteiger partial charge in [-0.1, -0.05) is 108 Å². The molecule has 1 aromatic rings. The molecule has 154 valence electrons. The molecule has 0 N–H and O–H groups in total. The monoisotopic (exact) mass is 432 g/mol. The molecule has 0 atom stereocenters. The van der Waals surface area contributed by atoms with E-state index in [4.69, 9.17) is 0 Å². The smallest absolute Gasteiger partial charge is 0.145 e. The quantitative estimate of drug-likeness (QED) is 0.233. The molecule has 0 amide bonds. The second-order valence-electron chi connectivity index (χ2n) is 6.98. The molecule has 0 bridgehead atoms. The fraction of sp³-hybridized carbons (Fsp3) is 0.148. The van der Waals surface area contributed by atoms with Gasteiger partial charge in [-0.2, -0.15) is 0 Å². The molecule has 2 rings (SSSR count). The standard InChI is InChI=1S/C27H28OS2/c1-21(11-5-6-12-22(2)14-10-16-24(4)20-28)13-9-15-23(3)19-27-29-25-17-7-8-18-26(25)30-27/h5-20H,1-4H3/b6-5+,13-9+,14-10+,21-11+,22-12+,23-15+,24-16+. The van der Waals surface area contributed by atoms with Crippen molar-refractivity contribution in [3.8, 4) is 0 Å². The molecule has 30 heavy (non-hydrogen) atoms. The van der Waals surface area contributed by atoms with Crippen LogP contribution in [0, 0.1) is 0 Å². The third-order valence-electron chi connectivity index (χ3n) is 4.07. The van der Waals surface area contributed by atoms with Gasteiger partial charge in [-0.05, 0) is 57.0 Å². The minimum Gasteiger partial charge on any atom is -0.298 e. The second kappa shape index (κ2) is 12.9. The summed E-state index contributed by atoms with van der Waals surface area (Å²) in [6.45, 7) is 8.04. The first-order valence-electron chi connectivity index (χ1n) is 9.81. The summed E-state index contributed by atoms with van der Waals surface area (Å²) in [4.78, 5) is 13.2. The first-order valence-corrected chi connectivity index (χ1v) is 11.4. The van der Waals surface area contributed by atoms with Gasteiger partial charge in [-0.3, -0.25) is 4.79 Å². The highest BCUT2D eigenvalue weighted by Crippen LogP contribution is 2.50. The molecule has 0 radical (unpaired) electrons. The highest BCUT2D eigenvalue weighted by atomic mass is 32.2. The summed E-state index contributed by atoms with van der Waals surface area (Å²) >= 11 is 3.67. The third-order valence-corrected chi connectivity index (χ3v) is 6.49. The molecule has 0 saturated carbocycles. The predicted molar refractivity (Wildman–Crippen MR) is 135 cm³/mol. The lowest BCUT2D eigenvalue weighted by atomic mass is 10.2.